The Morgan fingerprint density at radius 1 is 0.902 bits per heavy atom. The minimum atomic E-state index is -0.0217. The Morgan fingerprint density at radius 2 is 1.41 bits per heavy atom. The van der Waals surface area contributed by atoms with E-state index in [2.05, 4.69) is 90.5 Å². The highest BCUT2D eigenvalue weighted by Crippen LogP contribution is 2.46. The number of hydrogen-bond donors (Lipinski definition) is 3. The van der Waals surface area contributed by atoms with Gasteiger partial charge in [-0.1, -0.05) is 126 Å². The van der Waals surface area contributed by atoms with E-state index in [0.717, 1.165) is 43.8 Å². The quantitative estimate of drug-likeness (QED) is 0.213. The van der Waals surface area contributed by atoms with E-state index in [1.807, 2.05) is 27.7 Å². The smallest absolute Gasteiger partial charge is 0.0676 e. The van der Waals surface area contributed by atoms with Crippen LogP contribution in [0.3, 0.4) is 0 Å². The van der Waals surface area contributed by atoms with Crippen molar-refractivity contribution in [2.24, 2.45) is 17.2 Å². The first-order valence-corrected chi connectivity index (χ1v) is 17.4. The molecule has 1 aromatic rings. The lowest BCUT2D eigenvalue weighted by Gasteiger charge is -2.42. The van der Waals surface area contributed by atoms with Crippen LogP contribution in [-0.4, -0.2) is 36.6 Å². The molecule has 1 aromatic carbocycles. The maximum absolute atomic E-state index is 5.71. The summed E-state index contributed by atoms with van der Waals surface area (Å²) in [6.45, 7) is 33.4. The summed E-state index contributed by atoms with van der Waals surface area (Å²) >= 11 is 1.77. The lowest BCUT2D eigenvalue weighted by molar-refractivity contribution is 0.332. The number of nitrogens with two attached hydrogens (primary N) is 3. The van der Waals surface area contributed by atoms with Gasteiger partial charge in [0.25, 0.3) is 0 Å². The van der Waals surface area contributed by atoms with Crippen molar-refractivity contribution < 1.29 is 0 Å². The maximum atomic E-state index is 5.71. The van der Waals surface area contributed by atoms with Crippen LogP contribution in [0.15, 0.2) is 35.2 Å². The molecule has 0 aromatic heterocycles. The molecule has 2 unspecified atom stereocenters. The van der Waals surface area contributed by atoms with Crippen LogP contribution < -0.4 is 17.2 Å². The monoisotopic (exact) mass is 591 g/mol. The summed E-state index contributed by atoms with van der Waals surface area (Å²) in [5.74, 6) is 0. The van der Waals surface area contributed by atoms with E-state index in [-0.39, 0.29) is 22.9 Å². The molecule has 240 valence electrons. The van der Waals surface area contributed by atoms with Crippen molar-refractivity contribution in [3.8, 4) is 0 Å². The first-order valence-electron chi connectivity index (χ1n) is 16.5. The minimum Gasteiger partial charge on any atom is -0.367 e. The molecule has 41 heavy (non-hydrogen) atoms. The van der Waals surface area contributed by atoms with Gasteiger partial charge >= 0.3 is 0 Å². The number of unbranched alkanes of at least 4 members (excludes halogenated alkanes) is 1. The molecule has 0 fully saturated rings. The van der Waals surface area contributed by atoms with Crippen LogP contribution in [0.5, 0.6) is 0 Å². The van der Waals surface area contributed by atoms with Crippen molar-refractivity contribution in [3.63, 3.8) is 0 Å². The molecule has 0 amide bonds. The number of thioether (sulfide) groups is 1. The Balaban J connectivity index is 0. The highest BCUT2D eigenvalue weighted by molar-refractivity contribution is 8.05. The lowest BCUT2D eigenvalue weighted by Crippen LogP contribution is -2.46. The van der Waals surface area contributed by atoms with Crippen molar-refractivity contribution in [3.05, 3.63) is 51.9 Å². The van der Waals surface area contributed by atoms with E-state index in [1.54, 1.807) is 11.8 Å². The van der Waals surface area contributed by atoms with E-state index in [1.165, 1.54) is 41.5 Å². The summed E-state index contributed by atoms with van der Waals surface area (Å²) in [6.07, 6.45) is 8.17. The molecular formula is C36H70N4S. The number of hydrogen-bond acceptors (Lipinski definition) is 5. The molecule has 0 saturated carbocycles. The van der Waals surface area contributed by atoms with Crippen LogP contribution in [0, 0.1) is 0 Å². The van der Waals surface area contributed by atoms with Crippen molar-refractivity contribution >= 4 is 17.3 Å². The number of benzene rings is 1. The van der Waals surface area contributed by atoms with Crippen LogP contribution in [0.4, 0.5) is 0 Å². The molecule has 1 aliphatic carbocycles. The van der Waals surface area contributed by atoms with Crippen molar-refractivity contribution in [2.45, 2.75) is 151 Å². The highest BCUT2D eigenvalue weighted by atomic mass is 32.2. The molecule has 2 atom stereocenters. The van der Waals surface area contributed by atoms with Gasteiger partial charge in [-0.15, -0.1) is 0 Å². The summed E-state index contributed by atoms with van der Waals surface area (Å²) in [5.41, 5.74) is 22.9. The lowest BCUT2D eigenvalue weighted by atomic mass is 9.63. The van der Waals surface area contributed by atoms with Crippen LogP contribution in [0.25, 0.3) is 5.57 Å². The predicted octanol–water partition coefficient (Wildman–Crippen LogP) is 9.57. The molecule has 5 heteroatoms. The summed E-state index contributed by atoms with van der Waals surface area (Å²) < 4.78 is 0. The number of allylic oxidation sites excluding steroid dienone is 1. The third kappa shape index (κ3) is 14.6. The van der Waals surface area contributed by atoms with E-state index < -0.39 is 0 Å². The standard InChI is InChI=1S/C25H39NS.C7H19N3.2C2H6/c1-9-15-26(16-10-2)20(4)27-18-19(3)21-11-12-22-23(17-21)25(7,8)14-13-24(22,5)6;1-2-3-4-6(9)7(10)5-8;2*1-2/h11-12,17-18H,4,9-10,13-16H2,1-3,5-8H3;6-7H,2-5,8-10H2,1H3;2*1-2H3/b19-18+;;;. The van der Waals surface area contributed by atoms with Gasteiger partial charge in [-0.3, -0.25) is 0 Å². The van der Waals surface area contributed by atoms with Gasteiger partial charge in [0, 0.05) is 31.7 Å². The van der Waals surface area contributed by atoms with Crippen molar-refractivity contribution in [1.82, 2.24) is 4.90 Å². The van der Waals surface area contributed by atoms with E-state index >= 15 is 0 Å². The highest BCUT2D eigenvalue weighted by Gasteiger charge is 2.36. The largest absolute Gasteiger partial charge is 0.367 e. The van der Waals surface area contributed by atoms with Crippen molar-refractivity contribution in [2.75, 3.05) is 19.6 Å². The molecule has 2 rings (SSSR count). The van der Waals surface area contributed by atoms with E-state index in [4.69, 9.17) is 17.2 Å². The summed E-state index contributed by atoms with van der Waals surface area (Å²) in [4.78, 5) is 2.41. The number of rotatable bonds is 13. The predicted molar refractivity (Wildman–Crippen MR) is 191 cm³/mol. The zero-order chi connectivity index (χ0) is 32.2. The summed E-state index contributed by atoms with van der Waals surface area (Å²) in [7, 11) is 0. The average Bonchev–Trinajstić information content (AvgIpc) is 2.98. The van der Waals surface area contributed by atoms with Crippen LogP contribution >= 0.6 is 11.8 Å². The van der Waals surface area contributed by atoms with Gasteiger partial charge in [-0.2, -0.15) is 0 Å². The third-order valence-electron chi connectivity index (χ3n) is 7.73. The summed E-state index contributed by atoms with van der Waals surface area (Å²) in [6, 6.07) is 7.20. The number of fused-ring (bicyclic) bond motifs is 1. The Morgan fingerprint density at radius 3 is 1.88 bits per heavy atom. The molecule has 0 radical (unpaired) electrons. The first-order chi connectivity index (χ1) is 19.3. The number of nitrogens with zero attached hydrogens (tertiary/aromatic N) is 1. The molecule has 6 N–H and O–H groups in total. The fourth-order valence-electron chi connectivity index (χ4n) is 4.86. The van der Waals surface area contributed by atoms with Crippen LogP contribution in [0.2, 0.25) is 0 Å². The normalized spacial score (nSPS) is 16.3. The van der Waals surface area contributed by atoms with Crippen molar-refractivity contribution in [1.29, 1.82) is 0 Å². The zero-order valence-corrected chi connectivity index (χ0v) is 30.1. The van der Waals surface area contributed by atoms with E-state index in [0.29, 0.717) is 6.54 Å². The van der Waals surface area contributed by atoms with Crippen LogP contribution in [-0.2, 0) is 10.8 Å². The second-order valence-electron chi connectivity index (χ2n) is 12.0. The Hall–Kier alpha value is -1.27. The fraction of sp³-hybridized carbons (Fsp3) is 0.722. The maximum Gasteiger partial charge on any atom is 0.0676 e. The molecule has 0 spiro atoms. The molecule has 1 aliphatic rings. The first kappa shape index (κ1) is 41.9. The van der Waals surface area contributed by atoms with Gasteiger partial charge < -0.3 is 22.1 Å². The average molecular weight is 591 g/mol. The molecule has 0 aliphatic heterocycles. The minimum absolute atomic E-state index is 0.0217. The second kappa shape index (κ2) is 22.3. The molecule has 0 heterocycles. The SMILES string of the molecule is C=C(S/C=C(\C)c1ccc2c(c1)C(C)(C)CCC2(C)C)N(CCC)CCC.CC.CC.CCCCC(N)C(N)CN. The third-order valence-corrected chi connectivity index (χ3v) is 8.73. The van der Waals surface area contributed by atoms with Gasteiger partial charge in [0.15, 0.2) is 0 Å². The molecule has 0 saturated heterocycles. The Kier molecular flexibility index (Phi) is 22.8. The van der Waals surface area contributed by atoms with Gasteiger partial charge in [0.2, 0.25) is 0 Å². The van der Waals surface area contributed by atoms with Gasteiger partial charge in [0.1, 0.15) is 0 Å². The molecule has 4 nitrogen and oxygen atoms in total. The van der Waals surface area contributed by atoms with Crippen LogP contribution in [0.1, 0.15) is 145 Å². The summed E-state index contributed by atoms with van der Waals surface area (Å²) in [5, 5.41) is 3.45. The second-order valence-corrected chi connectivity index (χ2v) is 13.0. The molecular weight excluding hydrogens is 520 g/mol. The topological polar surface area (TPSA) is 81.3 Å². The zero-order valence-electron chi connectivity index (χ0n) is 29.3. The Bertz CT molecular complexity index is 853. The Labute approximate surface area is 261 Å². The van der Waals surface area contributed by atoms with Gasteiger partial charge in [-0.05, 0) is 77.5 Å². The van der Waals surface area contributed by atoms with Gasteiger partial charge in [0.05, 0.1) is 5.03 Å². The fourth-order valence-corrected chi connectivity index (χ4v) is 5.64. The molecule has 0 bridgehead atoms. The van der Waals surface area contributed by atoms with Gasteiger partial charge in [-0.25, -0.2) is 0 Å². The van der Waals surface area contributed by atoms with E-state index in [9.17, 15) is 0 Å².